The lowest BCUT2D eigenvalue weighted by Crippen LogP contribution is -2.03. The highest BCUT2D eigenvalue weighted by Crippen LogP contribution is 2.01. The maximum atomic E-state index is 5.32. The van der Waals surface area contributed by atoms with Gasteiger partial charge in [-0.15, -0.1) is 11.8 Å². The first-order valence-corrected chi connectivity index (χ1v) is 4.34. The van der Waals surface area contributed by atoms with E-state index in [2.05, 4.69) is 5.10 Å². The second kappa shape index (κ2) is 4.35. The number of nitrogens with zero attached hydrogens (tertiary/aromatic N) is 2. The average Bonchev–Trinajstić information content (AvgIpc) is 2.41. The second-order valence-electron chi connectivity index (χ2n) is 1.87. The van der Waals surface area contributed by atoms with Gasteiger partial charge in [0.1, 0.15) is 0 Å². The zero-order chi connectivity index (χ0) is 7.23. The van der Waals surface area contributed by atoms with Crippen LogP contribution < -0.4 is 5.73 Å². The second-order valence-corrected chi connectivity index (χ2v) is 2.95. The summed E-state index contributed by atoms with van der Waals surface area (Å²) >= 11 is 1.79. The third kappa shape index (κ3) is 2.41. The Hall–Kier alpha value is -0.480. The molecule has 0 aliphatic carbocycles. The molecule has 10 heavy (non-hydrogen) atoms. The standard InChI is InChI=1S/C6H11N3S/c7-2-5-10-6-9-4-1-3-8-9/h1,3-4H,2,5-7H2. The van der Waals surface area contributed by atoms with Crippen LogP contribution in [0.5, 0.6) is 0 Å². The van der Waals surface area contributed by atoms with E-state index >= 15 is 0 Å². The SMILES string of the molecule is NCCSCn1cccn1. The van der Waals surface area contributed by atoms with Crippen molar-refractivity contribution in [3.8, 4) is 0 Å². The molecule has 3 nitrogen and oxygen atoms in total. The molecule has 2 N–H and O–H groups in total. The van der Waals surface area contributed by atoms with Gasteiger partial charge in [0, 0.05) is 24.7 Å². The molecule has 1 heterocycles. The topological polar surface area (TPSA) is 43.8 Å². The van der Waals surface area contributed by atoms with Crippen molar-refractivity contribution in [1.82, 2.24) is 9.78 Å². The van der Waals surface area contributed by atoms with Gasteiger partial charge in [0.2, 0.25) is 0 Å². The molecule has 0 fully saturated rings. The van der Waals surface area contributed by atoms with Crippen molar-refractivity contribution in [1.29, 1.82) is 0 Å². The van der Waals surface area contributed by atoms with Crippen molar-refractivity contribution in [3.05, 3.63) is 18.5 Å². The summed E-state index contributed by atoms with van der Waals surface area (Å²) in [6.07, 6.45) is 3.73. The van der Waals surface area contributed by atoms with Crippen LogP contribution in [0.2, 0.25) is 0 Å². The smallest absolute Gasteiger partial charge is 0.0863 e. The summed E-state index contributed by atoms with van der Waals surface area (Å²) in [5.41, 5.74) is 5.32. The molecule has 0 saturated heterocycles. The van der Waals surface area contributed by atoms with Crippen molar-refractivity contribution in [2.45, 2.75) is 5.88 Å². The maximum Gasteiger partial charge on any atom is 0.0863 e. The van der Waals surface area contributed by atoms with E-state index in [-0.39, 0.29) is 0 Å². The quantitative estimate of drug-likeness (QED) is 0.648. The molecule has 0 radical (unpaired) electrons. The third-order valence-electron chi connectivity index (χ3n) is 1.04. The summed E-state index contributed by atoms with van der Waals surface area (Å²) in [5, 5.41) is 4.04. The molecule has 0 unspecified atom stereocenters. The minimum absolute atomic E-state index is 0.742. The number of hydrogen-bond donors (Lipinski definition) is 1. The molecular formula is C6H11N3S. The van der Waals surface area contributed by atoms with E-state index in [0.717, 1.165) is 18.2 Å². The summed E-state index contributed by atoms with van der Waals surface area (Å²) in [4.78, 5) is 0. The number of rotatable bonds is 4. The fourth-order valence-corrected chi connectivity index (χ4v) is 1.25. The highest BCUT2D eigenvalue weighted by atomic mass is 32.2. The van der Waals surface area contributed by atoms with Crippen molar-refractivity contribution in [2.24, 2.45) is 5.73 Å². The number of nitrogens with two attached hydrogens (primary N) is 1. The Morgan fingerprint density at radius 1 is 1.60 bits per heavy atom. The van der Waals surface area contributed by atoms with Gasteiger partial charge in [0.15, 0.2) is 0 Å². The first-order chi connectivity index (χ1) is 4.93. The molecule has 0 amide bonds. The van der Waals surface area contributed by atoms with Gasteiger partial charge in [0.25, 0.3) is 0 Å². The van der Waals surface area contributed by atoms with E-state index in [4.69, 9.17) is 5.73 Å². The molecular weight excluding hydrogens is 146 g/mol. The predicted molar refractivity (Wildman–Crippen MR) is 43.7 cm³/mol. The lowest BCUT2D eigenvalue weighted by atomic mass is 10.8. The molecule has 0 spiro atoms. The number of aromatic nitrogens is 2. The Balaban J connectivity index is 2.15. The van der Waals surface area contributed by atoms with Crippen LogP contribution in [-0.4, -0.2) is 22.1 Å². The van der Waals surface area contributed by atoms with Crippen molar-refractivity contribution < 1.29 is 0 Å². The summed E-state index contributed by atoms with van der Waals surface area (Å²) in [6.45, 7) is 0.742. The number of thioether (sulfide) groups is 1. The lowest BCUT2D eigenvalue weighted by molar-refractivity contribution is 0.750. The minimum atomic E-state index is 0.742. The van der Waals surface area contributed by atoms with Gasteiger partial charge in [-0.3, -0.25) is 4.68 Å². The fraction of sp³-hybridized carbons (Fsp3) is 0.500. The van der Waals surface area contributed by atoms with Crippen LogP contribution in [0.25, 0.3) is 0 Å². The first-order valence-electron chi connectivity index (χ1n) is 3.18. The third-order valence-corrected chi connectivity index (χ3v) is 2.02. The van der Waals surface area contributed by atoms with Crippen LogP contribution in [0.15, 0.2) is 18.5 Å². The Kier molecular flexibility index (Phi) is 3.32. The highest BCUT2D eigenvalue weighted by molar-refractivity contribution is 7.98. The van der Waals surface area contributed by atoms with Gasteiger partial charge in [-0.05, 0) is 6.07 Å². The average molecular weight is 157 g/mol. The highest BCUT2D eigenvalue weighted by Gasteiger charge is 1.87. The predicted octanol–water partition coefficient (Wildman–Crippen LogP) is 0.532. The zero-order valence-electron chi connectivity index (χ0n) is 5.73. The molecule has 0 atom stereocenters. The lowest BCUT2D eigenvalue weighted by Gasteiger charge is -1.98. The summed E-state index contributed by atoms with van der Waals surface area (Å²) in [7, 11) is 0. The summed E-state index contributed by atoms with van der Waals surface area (Å²) in [5.74, 6) is 1.91. The molecule has 1 rings (SSSR count). The normalized spacial score (nSPS) is 10.1. The van der Waals surface area contributed by atoms with Crippen LogP contribution in [-0.2, 0) is 5.88 Å². The molecule has 0 bridgehead atoms. The summed E-state index contributed by atoms with van der Waals surface area (Å²) in [6, 6.07) is 1.92. The Morgan fingerprint density at radius 3 is 3.10 bits per heavy atom. The molecule has 56 valence electrons. The van der Waals surface area contributed by atoms with Crippen LogP contribution in [0, 0.1) is 0 Å². The first kappa shape index (κ1) is 7.63. The van der Waals surface area contributed by atoms with E-state index in [1.54, 1.807) is 18.0 Å². The molecule has 0 aromatic carbocycles. The van der Waals surface area contributed by atoms with Gasteiger partial charge in [-0.25, -0.2) is 0 Å². The number of hydrogen-bond acceptors (Lipinski definition) is 3. The summed E-state index contributed by atoms with van der Waals surface area (Å²) < 4.78 is 1.89. The molecule has 0 aliphatic rings. The van der Waals surface area contributed by atoms with Crippen LogP contribution in [0.4, 0.5) is 0 Å². The van der Waals surface area contributed by atoms with Gasteiger partial charge in [0.05, 0.1) is 5.88 Å². The molecule has 1 aromatic heterocycles. The minimum Gasteiger partial charge on any atom is -0.330 e. The van der Waals surface area contributed by atoms with E-state index in [1.807, 2.05) is 16.9 Å². The van der Waals surface area contributed by atoms with E-state index in [1.165, 1.54) is 0 Å². The van der Waals surface area contributed by atoms with Crippen LogP contribution in [0.3, 0.4) is 0 Å². The van der Waals surface area contributed by atoms with Crippen molar-refractivity contribution >= 4 is 11.8 Å². The van der Waals surface area contributed by atoms with Crippen molar-refractivity contribution in [2.75, 3.05) is 12.3 Å². The Bertz CT molecular complexity index is 162. The molecule has 0 aliphatic heterocycles. The molecule has 0 saturated carbocycles. The van der Waals surface area contributed by atoms with Gasteiger partial charge in [-0.1, -0.05) is 0 Å². The van der Waals surface area contributed by atoms with Crippen LogP contribution in [0.1, 0.15) is 0 Å². The molecule has 4 heteroatoms. The van der Waals surface area contributed by atoms with Gasteiger partial charge >= 0.3 is 0 Å². The Labute approximate surface area is 64.6 Å². The van der Waals surface area contributed by atoms with Gasteiger partial charge < -0.3 is 5.73 Å². The van der Waals surface area contributed by atoms with Gasteiger partial charge in [-0.2, -0.15) is 5.10 Å². The Morgan fingerprint density at radius 2 is 2.50 bits per heavy atom. The maximum absolute atomic E-state index is 5.32. The zero-order valence-corrected chi connectivity index (χ0v) is 6.55. The molecule has 1 aromatic rings. The fourth-order valence-electron chi connectivity index (χ4n) is 0.618. The van der Waals surface area contributed by atoms with Crippen LogP contribution >= 0.6 is 11.8 Å². The van der Waals surface area contributed by atoms with Crippen molar-refractivity contribution in [3.63, 3.8) is 0 Å². The monoisotopic (exact) mass is 157 g/mol. The largest absolute Gasteiger partial charge is 0.330 e. The van der Waals surface area contributed by atoms with E-state index in [9.17, 15) is 0 Å². The van der Waals surface area contributed by atoms with E-state index in [0.29, 0.717) is 0 Å². The van der Waals surface area contributed by atoms with E-state index < -0.39 is 0 Å².